The predicted octanol–water partition coefficient (Wildman–Crippen LogP) is 4.84. The molecule has 1 aliphatic heterocycles. The van der Waals surface area contributed by atoms with Crippen LogP contribution in [0, 0.1) is 0 Å². The highest BCUT2D eigenvalue weighted by atomic mass is 35.5. The van der Waals surface area contributed by atoms with Crippen molar-refractivity contribution in [2.45, 2.75) is 26.3 Å². The van der Waals surface area contributed by atoms with Crippen LogP contribution >= 0.6 is 11.6 Å². The predicted molar refractivity (Wildman–Crippen MR) is 122 cm³/mol. The molecule has 0 spiro atoms. The summed E-state index contributed by atoms with van der Waals surface area (Å²) in [4.78, 5) is 25.7. The van der Waals surface area contributed by atoms with E-state index in [2.05, 4.69) is 28.7 Å². The van der Waals surface area contributed by atoms with Crippen molar-refractivity contribution in [1.29, 1.82) is 0 Å². The van der Waals surface area contributed by atoms with E-state index in [-0.39, 0.29) is 11.9 Å². The van der Waals surface area contributed by atoms with E-state index in [0.717, 1.165) is 17.8 Å². The number of halogens is 1. The molecule has 1 amide bonds. The summed E-state index contributed by atoms with van der Waals surface area (Å²) >= 11 is 6.03. The molecule has 3 aromatic rings. The Morgan fingerprint density at radius 2 is 1.94 bits per heavy atom. The van der Waals surface area contributed by atoms with E-state index in [9.17, 15) is 4.79 Å². The average Bonchev–Trinajstić information content (AvgIpc) is 2.79. The van der Waals surface area contributed by atoms with E-state index in [0.29, 0.717) is 36.3 Å². The summed E-state index contributed by atoms with van der Waals surface area (Å²) in [6, 6.07) is 16.9. The van der Waals surface area contributed by atoms with Crippen LogP contribution in [0.25, 0.3) is 0 Å². The summed E-state index contributed by atoms with van der Waals surface area (Å²) in [5.74, 6) is 1.92. The van der Waals surface area contributed by atoms with Gasteiger partial charge in [-0.1, -0.05) is 36.7 Å². The third-order valence-corrected chi connectivity index (χ3v) is 5.70. The molecule has 2 aromatic carbocycles. The number of ether oxygens (including phenoxy) is 1. The molecule has 0 aliphatic carbocycles. The molecule has 0 saturated carbocycles. The summed E-state index contributed by atoms with van der Waals surface area (Å²) in [6.45, 7) is 6.18. The molecule has 0 radical (unpaired) electrons. The minimum Gasteiger partial charge on any atom is -0.439 e. The van der Waals surface area contributed by atoms with Gasteiger partial charge in [0.2, 0.25) is 5.88 Å². The number of carbonyl (C=O) groups is 1. The Morgan fingerprint density at radius 3 is 2.65 bits per heavy atom. The third-order valence-electron chi connectivity index (χ3n) is 5.47. The van der Waals surface area contributed by atoms with Crippen molar-refractivity contribution in [3.63, 3.8) is 0 Å². The molecule has 7 heteroatoms. The van der Waals surface area contributed by atoms with Crippen LogP contribution in [0.15, 0.2) is 60.9 Å². The van der Waals surface area contributed by atoms with E-state index < -0.39 is 0 Å². The lowest BCUT2D eigenvalue weighted by atomic mass is 10.1. The van der Waals surface area contributed by atoms with E-state index >= 15 is 0 Å². The van der Waals surface area contributed by atoms with Gasteiger partial charge in [-0.3, -0.25) is 4.79 Å². The minimum absolute atomic E-state index is 0.0550. The lowest BCUT2D eigenvalue weighted by molar-refractivity contribution is 0.0673. The maximum absolute atomic E-state index is 13.0. The van der Waals surface area contributed by atoms with Gasteiger partial charge >= 0.3 is 0 Å². The molecule has 1 atom stereocenters. The lowest BCUT2D eigenvalue weighted by Crippen LogP contribution is -2.54. The van der Waals surface area contributed by atoms with Crippen molar-refractivity contribution in [1.82, 2.24) is 14.9 Å². The Morgan fingerprint density at radius 1 is 1.13 bits per heavy atom. The van der Waals surface area contributed by atoms with Crippen LogP contribution in [-0.2, 0) is 6.42 Å². The van der Waals surface area contributed by atoms with Gasteiger partial charge in [-0.25, -0.2) is 9.97 Å². The number of carbonyl (C=O) groups excluding carboxylic acids is 1. The van der Waals surface area contributed by atoms with Crippen LogP contribution in [0.4, 0.5) is 5.82 Å². The van der Waals surface area contributed by atoms with Gasteiger partial charge in [0.1, 0.15) is 17.9 Å². The van der Waals surface area contributed by atoms with Gasteiger partial charge in [0, 0.05) is 42.3 Å². The molecular formula is C24H25ClN4O2. The number of anilines is 1. The maximum atomic E-state index is 13.0. The van der Waals surface area contributed by atoms with Gasteiger partial charge in [0.05, 0.1) is 0 Å². The van der Waals surface area contributed by atoms with E-state index in [1.165, 1.54) is 11.9 Å². The molecule has 160 valence electrons. The van der Waals surface area contributed by atoms with Crippen molar-refractivity contribution >= 4 is 23.3 Å². The first-order valence-electron chi connectivity index (χ1n) is 10.4. The standard InChI is InChI=1S/C24H25ClN4O2/c1-3-18-7-9-19(10-8-18)24(30)29-12-11-28(15-17(29)2)22-14-23(27-16-26-22)31-21-6-4-5-20(25)13-21/h4-10,13-14,16-17H,3,11-12,15H2,1-2H3/t17-/m0/s1. The van der Waals surface area contributed by atoms with Gasteiger partial charge in [0.15, 0.2) is 0 Å². The monoisotopic (exact) mass is 436 g/mol. The second-order valence-electron chi connectivity index (χ2n) is 7.62. The maximum Gasteiger partial charge on any atom is 0.254 e. The smallest absolute Gasteiger partial charge is 0.254 e. The molecule has 1 saturated heterocycles. The van der Waals surface area contributed by atoms with Crippen molar-refractivity contribution in [3.8, 4) is 11.6 Å². The Balaban J connectivity index is 1.43. The first-order chi connectivity index (χ1) is 15.0. The number of aromatic nitrogens is 2. The molecule has 0 unspecified atom stereocenters. The Bertz CT molecular complexity index is 1060. The third kappa shape index (κ3) is 4.97. The van der Waals surface area contributed by atoms with Crippen LogP contribution in [0.3, 0.4) is 0 Å². The highest BCUT2D eigenvalue weighted by Gasteiger charge is 2.29. The molecule has 31 heavy (non-hydrogen) atoms. The Hall–Kier alpha value is -3.12. The number of piperazine rings is 1. The zero-order valence-electron chi connectivity index (χ0n) is 17.7. The molecule has 0 N–H and O–H groups in total. The molecule has 4 rings (SSSR count). The minimum atomic E-state index is 0.0550. The molecular weight excluding hydrogens is 412 g/mol. The number of amides is 1. The topological polar surface area (TPSA) is 58.6 Å². The van der Waals surface area contributed by atoms with Gasteiger partial charge in [-0.15, -0.1) is 0 Å². The second kappa shape index (κ2) is 9.35. The normalized spacial score (nSPS) is 16.3. The number of aryl methyl sites for hydroxylation is 1. The van der Waals surface area contributed by atoms with Gasteiger partial charge in [-0.2, -0.15) is 0 Å². The SMILES string of the molecule is CCc1ccc(C(=O)N2CCN(c3cc(Oc4cccc(Cl)c4)ncn3)C[C@@H]2C)cc1. The highest BCUT2D eigenvalue weighted by Crippen LogP contribution is 2.26. The second-order valence-corrected chi connectivity index (χ2v) is 8.05. The van der Waals surface area contributed by atoms with Crippen molar-refractivity contribution in [3.05, 3.63) is 77.1 Å². The average molecular weight is 437 g/mol. The molecule has 0 bridgehead atoms. The number of rotatable bonds is 5. The van der Waals surface area contributed by atoms with Gasteiger partial charge in [-0.05, 0) is 49.2 Å². The zero-order valence-corrected chi connectivity index (χ0v) is 18.4. The lowest BCUT2D eigenvalue weighted by Gasteiger charge is -2.40. The van der Waals surface area contributed by atoms with Crippen LogP contribution in [-0.4, -0.2) is 46.5 Å². The number of hydrogen-bond acceptors (Lipinski definition) is 5. The summed E-state index contributed by atoms with van der Waals surface area (Å²) in [7, 11) is 0. The quantitative estimate of drug-likeness (QED) is 0.573. The highest BCUT2D eigenvalue weighted by molar-refractivity contribution is 6.30. The summed E-state index contributed by atoms with van der Waals surface area (Å²) in [5, 5.41) is 0.603. The summed E-state index contributed by atoms with van der Waals surface area (Å²) < 4.78 is 5.83. The largest absolute Gasteiger partial charge is 0.439 e. The van der Waals surface area contributed by atoms with Crippen LogP contribution in [0.5, 0.6) is 11.6 Å². The molecule has 6 nitrogen and oxygen atoms in total. The van der Waals surface area contributed by atoms with Gasteiger partial charge < -0.3 is 14.5 Å². The number of benzene rings is 2. The Labute approximate surface area is 187 Å². The fourth-order valence-electron chi connectivity index (χ4n) is 3.73. The fourth-order valence-corrected chi connectivity index (χ4v) is 3.91. The summed E-state index contributed by atoms with van der Waals surface area (Å²) in [5.41, 5.74) is 1.96. The van der Waals surface area contributed by atoms with Crippen molar-refractivity contribution in [2.75, 3.05) is 24.5 Å². The number of nitrogens with zero attached hydrogens (tertiary/aromatic N) is 4. The molecule has 2 heterocycles. The van der Waals surface area contributed by atoms with E-state index in [1.54, 1.807) is 12.1 Å². The zero-order chi connectivity index (χ0) is 21.8. The van der Waals surface area contributed by atoms with Crippen LogP contribution in [0.2, 0.25) is 5.02 Å². The Kier molecular flexibility index (Phi) is 6.37. The van der Waals surface area contributed by atoms with E-state index in [1.807, 2.05) is 47.4 Å². The first kappa shape index (κ1) is 21.1. The van der Waals surface area contributed by atoms with E-state index in [4.69, 9.17) is 16.3 Å². The number of hydrogen-bond donors (Lipinski definition) is 0. The van der Waals surface area contributed by atoms with Crippen molar-refractivity contribution in [2.24, 2.45) is 0 Å². The fraction of sp³-hybridized carbons (Fsp3) is 0.292. The molecule has 1 aromatic heterocycles. The molecule has 1 aliphatic rings. The van der Waals surface area contributed by atoms with Crippen LogP contribution < -0.4 is 9.64 Å². The van der Waals surface area contributed by atoms with Gasteiger partial charge in [0.25, 0.3) is 5.91 Å². The first-order valence-corrected chi connectivity index (χ1v) is 10.8. The summed E-state index contributed by atoms with van der Waals surface area (Å²) in [6.07, 6.45) is 2.46. The van der Waals surface area contributed by atoms with Crippen LogP contribution in [0.1, 0.15) is 29.8 Å². The molecule has 1 fully saturated rings. The van der Waals surface area contributed by atoms with Crippen molar-refractivity contribution < 1.29 is 9.53 Å².